The van der Waals surface area contributed by atoms with Crippen LogP contribution in [0.5, 0.6) is 0 Å². The molecule has 0 saturated carbocycles. The fourth-order valence-corrected chi connectivity index (χ4v) is 1.39. The Morgan fingerprint density at radius 2 is 2.08 bits per heavy atom. The lowest BCUT2D eigenvalue weighted by molar-refractivity contribution is -0.0440. The van der Waals surface area contributed by atoms with E-state index in [4.69, 9.17) is 9.47 Å². The minimum absolute atomic E-state index is 0.173. The highest BCUT2D eigenvalue weighted by atomic mass is 16.7. The minimum Gasteiger partial charge on any atom is -0.388 e. The first-order valence-electron chi connectivity index (χ1n) is 4.41. The summed E-state index contributed by atoms with van der Waals surface area (Å²) >= 11 is 0. The average Bonchev–Trinajstić information content (AvgIpc) is 2.71. The van der Waals surface area contributed by atoms with Crippen molar-refractivity contribution >= 4 is 5.69 Å². The predicted octanol–water partition coefficient (Wildman–Crippen LogP) is 1.77. The van der Waals surface area contributed by atoms with Crippen molar-refractivity contribution in [1.82, 2.24) is 0 Å². The molecule has 1 N–H and O–H groups in total. The molecule has 0 amide bonds. The van der Waals surface area contributed by atoms with Crippen LogP contribution in [0.2, 0.25) is 0 Å². The summed E-state index contributed by atoms with van der Waals surface area (Å²) in [6.07, 6.45) is -0.173. The molecule has 1 fully saturated rings. The maximum atomic E-state index is 5.39. The third-order valence-electron chi connectivity index (χ3n) is 2.07. The van der Waals surface area contributed by atoms with E-state index in [0.29, 0.717) is 13.2 Å². The standard InChI is InChI=1S/C10H13NO2/c1-11-9-4-2-3-8(7-9)10-12-5-6-13-10/h2-4,7,10-11H,5-6H2,1H3. The molecule has 0 aliphatic carbocycles. The van der Waals surface area contributed by atoms with E-state index in [2.05, 4.69) is 5.32 Å². The highest BCUT2D eigenvalue weighted by Crippen LogP contribution is 2.24. The molecule has 3 nitrogen and oxygen atoms in total. The van der Waals surface area contributed by atoms with Gasteiger partial charge in [-0.05, 0) is 12.1 Å². The number of hydrogen-bond acceptors (Lipinski definition) is 3. The number of rotatable bonds is 2. The summed E-state index contributed by atoms with van der Waals surface area (Å²) in [6.45, 7) is 1.38. The molecule has 0 radical (unpaired) electrons. The van der Waals surface area contributed by atoms with Crippen molar-refractivity contribution in [2.75, 3.05) is 25.6 Å². The monoisotopic (exact) mass is 179 g/mol. The predicted molar refractivity (Wildman–Crippen MR) is 50.6 cm³/mol. The number of benzene rings is 1. The van der Waals surface area contributed by atoms with Crippen LogP contribution in [-0.2, 0) is 9.47 Å². The zero-order valence-corrected chi connectivity index (χ0v) is 7.62. The maximum Gasteiger partial charge on any atom is 0.184 e. The lowest BCUT2D eigenvalue weighted by Crippen LogP contribution is -1.98. The molecule has 13 heavy (non-hydrogen) atoms. The van der Waals surface area contributed by atoms with Gasteiger partial charge in [0.2, 0.25) is 0 Å². The zero-order valence-electron chi connectivity index (χ0n) is 7.62. The Bertz CT molecular complexity index is 282. The number of nitrogens with one attached hydrogen (secondary N) is 1. The van der Waals surface area contributed by atoms with Crippen LogP contribution in [0.3, 0.4) is 0 Å². The van der Waals surface area contributed by atoms with Crippen LogP contribution in [0.1, 0.15) is 11.9 Å². The highest BCUT2D eigenvalue weighted by Gasteiger charge is 2.17. The van der Waals surface area contributed by atoms with Gasteiger partial charge >= 0.3 is 0 Å². The Balaban J connectivity index is 2.18. The van der Waals surface area contributed by atoms with Gasteiger partial charge in [0.1, 0.15) is 0 Å². The summed E-state index contributed by atoms with van der Waals surface area (Å²) in [5.74, 6) is 0. The molecule has 1 heterocycles. The van der Waals surface area contributed by atoms with Gasteiger partial charge in [0.05, 0.1) is 13.2 Å². The summed E-state index contributed by atoms with van der Waals surface area (Å²) in [6, 6.07) is 8.05. The van der Waals surface area contributed by atoms with Gasteiger partial charge in [-0.25, -0.2) is 0 Å². The molecule has 0 unspecified atom stereocenters. The van der Waals surface area contributed by atoms with Crippen LogP contribution in [0.15, 0.2) is 24.3 Å². The molecule has 1 aliphatic rings. The molecule has 2 rings (SSSR count). The van der Waals surface area contributed by atoms with Crippen molar-refractivity contribution in [1.29, 1.82) is 0 Å². The van der Waals surface area contributed by atoms with E-state index >= 15 is 0 Å². The summed E-state index contributed by atoms with van der Waals surface area (Å²) in [5.41, 5.74) is 2.15. The van der Waals surface area contributed by atoms with Crippen LogP contribution >= 0.6 is 0 Å². The number of anilines is 1. The van der Waals surface area contributed by atoms with Gasteiger partial charge in [-0.1, -0.05) is 12.1 Å². The third-order valence-corrected chi connectivity index (χ3v) is 2.07. The SMILES string of the molecule is CNc1cccc(C2OCCO2)c1. The Morgan fingerprint density at radius 1 is 1.31 bits per heavy atom. The molecule has 70 valence electrons. The minimum atomic E-state index is -0.173. The fourth-order valence-electron chi connectivity index (χ4n) is 1.39. The van der Waals surface area contributed by atoms with Crippen molar-refractivity contribution < 1.29 is 9.47 Å². The second kappa shape index (κ2) is 3.77. The Hall–Kier alpha value is -1.06. The van der Waals surface area contributed by atoms with Gasteiger partial charge < -0.3 is 14.8 Å². The van der Waals surface area contributed by atoms with Gasteiger partial charge in [0.15, 0.2) is 6.29 Å². The van der Waals surface area contributed by atoms with Crippen LogP contribution < -0.4 is 5.32 Å². The second-order valence-electron chi connectivity index (χ2n) is 2.95. The first-order chi connectivity index (χ1) is 6.40. The van der Waals surface area contributed by atoms with E-state index in [1.165, 1.54) is 0 Å². The Labute approximate surface area is 77.7 Å². The van der Waals surface area contributed by atoms with E-state index in [1.54, 1.807) is 0 Å². The van der Waals surface area contributed by atoms with Gasteiger partial charge in [-0.2, -0.15) is 0 Å². The molecule has 1 saturated heterocycles. The first-order valence-corrected chi connectivity index (χ1v) is 4.41. The Morgan fingerprint density at radius 3 is 2.77 bits per heavy atom. The Kier molecular flexibility index (Phi) is 2.47. The lowest BCUT2D eigenvalue weighted by Gasteiger charge is -2.10. The molecule has 1 aliphatic heterocycles. The fraction of sp³-hybridized carbons (Fsp3) is 0.400. The molecular weight excluding hydrogens is 166 g/mol. The van der Waals surface area contributed by atoms with Gasteiger partial charge in [0, 0.05) is 18.3 Å². The van der Waals surface area contributed by atoms with Crippen LogP contribution in [0.4, 0.5) is 5.69 Å². The van der Waals surface area contributed by atoms with Gasteiger partial charge in [-0.3, -0.25) is 0 Å². The molecular formula is C10H13NO2. The van der Waals surface area contributed by atoms with Crippen molar-refractivity contribution in [3.8, 4) is 0 Å². The molecule has 3 heteroatoms. The van der Waals surface area contributed by atoms with Crippen molar-refractivity contribution in [3.05, 3.63) is 29.8 Å². The smallest absolute Gasteiger partial charge is 0.184 e. The van der Waals surface area contributed by atoms with Crippen molar-refractivity contribution in [3.63, 3.8) is 0 Å². The summed E-state index contributed by atoms with van der Waals surface area (Å²) in [5, 5.41) is 3.08. The lowest BCUT2D eigenvalue weighted by atomic mass is 10.2. The van der Waals surface area contributed by atoms with E-state index in [1.807, 2.05) is 31.3 Å². The number of hydrogen-bond donors (Lipinski definition) is 1. The number of ether oxygens (including phenoxy) is 2. The molecule has 0 atom stereocenters. The van der Waals surface area contributed by atoms with Gasteiger partial charge in [-0.15, -0.1) is 0 Å². The largest absolute Gasteiger partial charge is 0.388 e. The quantitative estimate of drug-likeness (QED) is 0.750. The average molecular weight is 179 g/mol. The third kappa shape index (κ3) is 1.82. The normalized spacial score (nSPS) is 17.6. The van der Waals surface area contributed by atoms with Gasteiger partial charge in [0.25, 0.3) is 0 Å². The van der Waals surface area contributed by atoms with Crippen LogP contribution in [0, 0.1) is 0 Å². The van der Waals surface area contributed by atoms with Crippen molar-refractivity contribution in [2.45, 2.75) is 6.29 Å². The second-order valence-corrected chi connectivity index (χ2v) is 2.95. The molecule has 0 spiro atoms. The summed E-state index contributed by atoms with van der Waals surface area (Å²) in [7, 11) is 1.90. The van der Waals surface area contributed by atoms with E-state index < -0.39 is 0 Å². The summed E-state index contributed by atoms with van der Waals surface area (Å²) < 4.78 is 10.8. The molecule has 1 aromatic rings. The molecule has 0 bridgehead atoms. The topological polar surface area (TPSA) is 30.5 Å². The van der Waals surface area contributed by atoms with Crippen LogP contribution in [-0.4, -0.2) is 20.3 Å². The highest BCUT2D eigenvalue weighted by molar-refractivity contribution is 5.45. The molecule has 0 aromatic heterocycles. The zero-order chi connectivity index (χ0) is 9.10. The van der Waals surface area contributed by atoms with E-state index in [0.717, 1.165) is 11.3 Å². The van der Waals surface area contributed by atoms with E-state index in [9.17, 15) is 0 Å². The first kappa shape index (κ1) is 8.53. The van der Waals surface area contributed by atoms with Crippen LogP contribution in [0.25, 0.3) is 0 Å². The summed E-state index contributed by atoms with van der Waals surface area (Å²) in [4.78, 5) is 0. The van der Waals surface area contributed by atoms with Crippen molar-refractivity contribution in [2.24, 2.45) is 0 Å². The molecule has 1 aromatic carbocycles. The van der Waals surface area contributed by atoms with E-state index in [-0.39, 0.29) is 6.29 Å². The maximum absolute atomic E-state index is 5.39.